The van der Waals surface area contributed by atoms with Gasteiger partial charge in [-0.15, -0.1) is 0 Å². The second-order valence-electron chi connectivity index (χ2n) is 7.06. The van der Waals surface area contributed by atoms with Crippen LogP contribution in [0.3, 0.4) is 0 Å². The van der Waals surface area contributed by atoms with E-state index in [2.05, 4.69) is 43.8 Å². The standard InChI is InChI=1S/C23H26N6OS/c1-3-27-20(30)9-8-18-21(28-23(24)29-22(18)31)19-11-16(7-6-15(19)2)12-26-14-17-5-4-10-25-13-17/h4-11,13,26H,3,12,14H2,1-2H3,(H,27,30)(H3,24,28,29,31)/b9-8+. The van der Waals surface area contributed by atoms with Crippen molar-refractivity contribution in [3.05, 3.63) is 75.7 Å². The first kappa shape index (κ1) is 22.3. The van der Waals surface area contributed by atoms with Gasteiger partial charge in [0.05, 0.1) is 5.69 Å². The number of amides is 1. The zero-order valence-corrected chi connectivity index (χ0v) is 18.4. The van der Waals surface area contributed by atoms with Gasteiger partial charge in [-0.05, 0) is 48.7 Å². The van der Waals surface area contributed by atoms with Crippen LogP contribution in [0, 0.1) is 11.6 Å². The number of rotatable bonds is 8. The number of carbonyl (C=O) groups is 1. The maximum absolute atomic E-state index is 11.9. The van der Waals surface area contributed by atoms with E-state index in [1.165, 1.54) is 6.08 Å². The molecule has 2 heterocycles. The Morgan fingerprint density at radius 1 is 1.26 bits per heavy atom. The Morgan fingerprint density at radius 3 is 2.81 bits per heavy atom. The molecule has 0 spiro atoms. The third-order valence-electron chi connectivity index (χ3n) is 4.68. The molecule has 0 aliphatic heterocycles. The number of anilines is 1. The summed E-state index contributed by atoms with van der Waals surface area (Å²) >= 11 is 5.43. The van der Waals surface area contributed by atoms with E-state index in [0.29, 0.717) is 23.3 Å². The van der Waals surface area contributed by atoms with Crippen LogP contribution < -0.4 is 16.4 Å². The summed E-state index contributed by atoms with van der Waals surface area (Å²) in [7, 11) is 0. The van der Waals surface area contributed by atoms with Crippen LogP contribution in [0.15, 0.2) is 48.8 Å². The van der Waals surface area contributed by atoms with Crippen LogP contribution in [-0.2, 0) is 17.9 Å². The SMILES string of the molecule is CCNC(=O)/C=C/c1c(-c2cc(CNCc3cccnc3)ccc2C)[nH]c(N)nc1=S. The van der Waals surface area contributed by atoms with E-state index >= 15 is 0 Å². The first-order chi connectivity index (χ1) is 15.0. The van der Waals surface area contributed by atoms with Gasteiger partial charge in [0.1, 0.15) is 4.64 Å². The van der Waals surface area contributed by atoms with Gasteiger partial charge in [0, 0.05) is 49.2 Å². The number of aromatic amines is 1. The van der Waals surface area contributed by atoms with Crippen LogP contribution in [0.4, 0.5) is 5.95 Å². The number of nitrogens with one attached hydrogen (secondary N) is 3. The van der Waals surface area contributed by atoms with E-state index in [1.807, 2.05) is 32.2 Å². The highest BCUT2D eigenvalue weighted by molar-refractivity contribution is 7.71. The van der Waals surface area contributed by atoms with Gasteiger partial charge in [-0.1, -0.05) is 30.4 Å². The lowest BCUT2D eigenvalue weighted by Crippen LogP contribution is -2.19. The van der Waals surface area contributed by atoms with Gasteiger partial charge >= 0.3 is 0 Å². The Morgan fingerprint density at radius 2 is 2.06 bits per heavy atom. The number of pyridine rings is 1. The number of nitrogen functional groups attached to an aromatic ring is 1. The molecule has 31 heavy (non-hydrogen) atoms. The average Bonchev–Trinajstić information content (AvgIpc) is 2.75. The fourth-order valence-electron chi connectivity index (χ4n) is 3.16. The Kier molecular flexibility index (Phi) is 7.64. The summed E-state index contributed by atoms with van der Waals surface area (Å²) in [5, 5.41) is 6.17. The van der Waals surface area contributed by atoms with Crippen molar-refractivity contribution in [3.63, 3.8) is 0 Å². The Bertz CT molecular complexity index is 1140. The number of aryl methyl sites for hydroxylation is 1. The monoisotopic (exact) mass is 434 g/mol. The van der Waals surface area contributed by atoms with Gasteiger partial charge in [-0.3, -0.25) is 9.78 Å². The number of aromatic nitrogens is 3. The molecule has 0 unspecified atom stereocenters. The van der Waals surface area contributed by atoms with Crippen molar-refractivity contribution < 1.29 is 4.79 Å². The zero-order valence-electron chi connectivity index (χ0n) is 17.6. The molecular weight excluding hydrogens is 408 g/mol. The highest BCUT2D eigenvalue weighted by atomic mass is 32.1. The fraction of sp³-hybridized carbons (Fsp3) is 0.217. The van der Waals surface area contributed by atoms with Crippen LogP contribution in [0.25, 0.3) is 17.3 Å². The number of nitrogens with zero attached hydrogens (tertiary/aromatic N) is 2. The minimum atomic E-state index is -0.190. The molecule has 0 saturated heterocycles. The summed E-state index contributed by atoms with van der Waals surface area (Å²) in [6.45, 7) is 5.85. The van der Waals surface area contributed by atoms with Crippen molar-refractivity contribution >= 4 is 30.1 Å². The number of carbonyl (C=O) groups excluding carboxylic acids is 1. The fourth-order valence-corrected chi connectivity index (χ4v) is 3.43. The van der Waals surface area contributed by atoms with Crippen LogP contribution >= 0.6 is 12.2 Å². The van der Waals surface area contributed by atoms with Crippen molar-refractivity contribution in [3.8, 4) is 11.3 Å². The van der Waals surface area contributed by atoms with Gasteiger partial charge in [0.2, 0.25) is 5.91 Å². The number of H-pyrrole nitrogens is 1. The summed E-state index contributed by atoms with van der Waals surface area (Å²) in [5.74, 6) is 0.0411. The third-order valence-corrected chi connectivity index (χ3v) is 4.99. The van der Waals surface area contributed by atoms with E-state index in [9.17, 15) is 4.79 Å². The molecule has 3 rings (SSSR count). The van der Waals surface area contributed by atoms with Gasteiger partial charge in [0.15, 0.2) is 5.95 Å². The minimum Gasteiger partial charge on any atom is -0.369 e. The zero-order chi connectivity index (χ0) is 22.2. The molecule has 8 heteroatoms. The van der Waals surface area contributed by atoms with Crippen LogP contribution in [0.5, 0.6) is 0 Å². The molecule has 0 radical (unpaired) electrons. The summed E-state index contributed by atoms with van der Waals surface area (Å²) < 4.78 is 0.339. The summed E-state index contributed by atoms with van der Waals surface area (Å²) in [4.78, 5) is 23.3. The molecule has 2 aromatic heterocycles. The topological polar surface area (TPSA) is 109 Å². The largest absolute Gasteiger partial charge is 0.369 e. The Balaban J connectivity index is 1.90. The third kappa shape index (κ3) is 6.07. The van der Waals surface area contributed by atoms with Gasteiger partial charge in [-0.25, -0.2) is 4.98 Å². The van der Waals surface area contributed by atoms with Gasteiger partial charge < -0.3 is 21.4 Å². The lowest BCUT2D eigenvalue weighted by atomic mass is 9.99. The molecule has 0 aliphatic rings. The maximum atomic E-state index is 11.9. The molecule has 160 valence electrons. The molecule has 3 aromatic rings. The van der Waals surface area contributed by atoms with Crippen molar-refractivity contribution in [1.29, 1.82) is 0 Å². The second-order valence-corrected chi connectivity index (χ2v) is 7.44. The van der Waals surface area contributed by atoms with Crippen LogP contribution in [0.2, 0.25) is 0 Å². The van der Waals surface area contributed by atoms with E-state index < -0.39 is 0 Å². The molecule has 1 amide bonds. The lowest BCUT2D eigenvalue weighted by Gasteiger charge is -2.13. The molecule has 5 N–H and O–H groups in total. The lowest BCUT2D eigenvalue weighted by molar-refractivity contribution is -0.116. The quantitative estimate of drug-likeness (QED) is 0.319. The predicted octanol–water partition coefficient (Wildman–Crippen LogP) is 3.53. The molecule has 0 fully saturated rings. The highest BCUT2D eigenvalue weighted by Crippen LogP contribution is 2.28. The van der Waals surface area contributed by atoms with Gasteiger partial charge in [0.25, 0.3) is 0 Å². The molecular formula is C23H26N6OS. The van der Waals surface area contributed by atoms with E-state index in [-0.39, 0.29) is 11.9 Å². The average molecular weight is 435 g/mol. The number of benzene rings is 1. The van der Waals surface area contributed by atoms with Crippen LogP contribution in [-0.4, -0.2) is 27.4 Å². The highest BCUT2D eigenvalue weighted by Gasteiger charge is 2.12. The predicted molar refractivity (Wildman–Crippen MR) is 127 cm³/mol. The van der Waals surface area contributed by atoms with Crippen molar-refractivity contribution in [2.45, 2.75) is 26.9 Å². The van der Waals surface area contributed by atoms with Crippen LogP contribution in [0.1, 0.15) is 29.2 Å². The first-order valence-corrected chi connectivity index (χ1v) is 10.4. The summed E-state index contributed by atoms with van der Waals surface area (Å²) in [6.07, 6.45) is 6.75. The smallest absolute Gasteiger partial charge is 0.243 e. The summed E-state index contributed by atoms with van der Waals surface area (Å²) in [6, 6.07) is 10.2. The second kappa shape index (κ2) is 10.6. The number of likely N-dealkylation sites (N-methyl/N-ethyl adjacent to an activating group) is 1. The van der Waals surface area contributed by atoms with E-state index in [1.54, 1.807) is 12.3 Å². The number of hydrogen-bond donors (Lipinski definition) is 4. The molecule has 1 aromatic carbocycles. The van der Waals surface area contributed by atoms with Crippen molar-refractivity contribution in [1.82, 2.24) is 25.6 Å². The van der Waals surface area contributed by atoms with E-state index in [4.69, 9.17) is 18.0 Å². The van der Waals surface area contributed by atoms with Gasteiger partial charge in [-0.2, -0.15) is 0 Å². The van der Waals surface area contributed by atoms with E-state index in [0.717, 1.165) is 34.5 Å². The van der Waals surface area contributed by atoms with Crippen molar-refractivity contribution in [2.75, 3.05) is 12.3 Å². The molecule has 7 nitrogen and oxygen atoms in total. The Labute approximate surface area is 186 Å². The first-order valence-electron chi connectivity index (χ1n) is 10.0. The number of nitrogens with two attached hydrogens (primary N) is 1. The normalized spacial score (nSPS) is 11.0. The molecule has 0 atom stereocenters. The number of hydrogen-bond acceptors (Lipinski definition) is 6. The Hall–Kier alpha value is -3.36. The summed E-state index contributed by atoms with van der Waals surface area (Å²) in [5.41, 5.74) is 11.6. The molecule has 0 aliphatic carbocycles. The van der Waals surface area contributed by atoms with Crippen molar-refractivity contribution in [2.24, 2.45) is 0 Å². The minimum absolute atomic E-state index is 0.190. The molecule has 0 bridgehead atoms. The maximum Gasteiger partial charge on any atom is 0.243 e. The molecule has 0 saturated carbocycles.